The second kappa shape index (κ2) is 6.37. The molecule has 0 spiro atoms. The Labute approximate surface area is 115 Å². The van der Waals surface area contributed by atoms with E-state index in [1.165, 1.54) is 22.8 Å². The zero-order valence-corrected chi connectivity index (χ0v) is 12.4. The summed E-state index contributed by atoms with van der Waals surface area (Å²) in [5.74, 6) is -2.17. The highest BCUT2D eigenvalue weighted by Gasteiger charge is 2.25. The van der Waals surface area contributed by atoms with Crippen molar-refractivity contribution in [1.82, 2.24) is 0 Å². The average Bonchev–Trinajstić information content (AvgIpc) is 2.41. The highest BCUT2D eigenvalue weighted by Crippen LogP contribution is 2.70. The Morgan fingerprint density at radius 3 is 2.06 bits per heavy atom. The lowest BCUT2D eigenvalue weighted by Gasteiger charge is -2.16. The van der Waals surface area contributed by atoms with Crippen LogP contribution in [0.3, 0.4) is 0 Å². The fourth-order valence-corrected chi connectivity index (χ4v) is 6.08. The Kier molecular flexibility index (Phi) is 4.81. The zero-order valence-electron chi connectivity index (χ0n) is 9.85. The minimum absolute atomic E-state index is 0.638. The third-order valence-electron chi connectivity index (χ3n) is 2.14. The van der Waals surface area contributed by atoms with Gasteiger partial charge in [0.25, 0.3) is 0 Å². The summed E-state index contributed by atoms with van der Waals surface area (Å²) in [6.07, 6.45) is 1.81. The molecule has 2 rings (SSSR count). The van der Waals surface area contributed by atoms with Crippen LogP contribution in [0.5, 0.6) is 5.75 Å². The van der Waals surface area contributed by atoms with E-state index < -0.39 is 5.77 Å². The van der Waals surface area contributed by atoms with Crippen LogP contribution in [-0.4, -0.2) is 6.26 Å². The monoisotopic (exact) mass is 296 g/mol. The molecule has 0 aliphatic heterocycles. The fourth-order valence-electron chi connectivity index (χ4n) is 1.31. The second-order valence-corrected chi connectivity index (χ2v) is 10.8. The van der Waals surface area contributed by atoms with E-state index in [0.717, 1.165) is 4.90 Å². The van der Waals surface area contributed by atoms with Crippen molar-refractivity contribution in [2.75, 3.05) is 6.26 Å². The summed E-state index contributed by atoms with van der Waals surface area (Å²) in [6, 6.07) is 18.9. The van der Waals surface area contributed by atoms with Gasteiger partial charge in [0, 0.05) is 4.90 Å². The first-order valence-corrected chi connectivity index (χ1v) is 10.2. The van der Waals surface area contributed by atoms with Crippen LogP contribution in [0.25, 0.3) is 0 Å². The minimum atomic E-state index is -2.81. The van der Waals surface area contributed by atoms with Gasteiger partial charge in [0.2, 0.25) is 0 Å². The second-order valence-electron chi connectivity index (χ2n) is 3.44. The largest absolute Gasteiger partial charge is 0.429 e. The Balaban J connectivity index is 2.14. The van der Waals surface area contributed by atoms with Gasteiger partial charge in [-0.2, -0.15) is 0 Å². The molecule has 18 heavy (non-hydrogen) atoms. The molecule has 94 valence electrons. The van der Waals surface area contributed by atoms with E-state index in [1.54, 1.807) is 6.26 Å². The van der Waals surface area contributed by atoms with Gasteiger partial charge >= 0.3 is 5.77 Å². The molecule has 0 fully saturated rings. The van der Waals surface area contributed by atoms with E-state index in [0.29, 0.717) is 5.75 Å². The van der Waals surface area contributed by atoms with Crippen LogP contribution >= 0.6 is 28.5 Å². The number of para-hydroxylation sites is 1. The molecule has 2 nitrogen and oxygen atoms in total. The molecular weight excluding hydrogens is 283 g/mol. The maximum atomic E-state index is 12.6. The lowest BCUT2D eigenvalue weighted by atomic mass is 10.3. The van der Waals surface area contributed by atoms with Crippen LogP contribution in [0.1, 0.15) is 0 Å². The zero-order chi connectivity index (χ0) is 12.8. The third kappa shape index (κ3) is 3.84. The molecule has 1 unspecified atom stereocenters. The van der Waals surface area contributed by atoms with Crippen LogP contribution in [-0.2, 0) is 4.57 Å². The molecule has 1 atom stereocenters. The van der Waals surface area contributed by atoms with E-state index >= 15 is 0 Å². The quantitative estimate of drug-likeness (QED) is 0.697. The highest BCUT2D eigenvalue weighted by atomic mass is 33.1. The Morgan fingerprint density at radius 2 is 1.50 bits per heavy atom. The number of benzene rings is 2. The molecule has 0 N–H and O–H groups in total. The maximum absolute atomic E-state index is 12.6. The van der Waals surface area contributed by atoms with E-state index in [2.05, 4.69) is 0 Å². The van der Waals surface area contributed by atoms with Crippen LogP contribution in [0, 0.1) is 0 Å². The molecule has 0 aliphatic carbocycles. The van der Waals surface area contributed by atoms with Gasteiger partial charge in [-0.05, 0) is 53.3 Å². The van der Waals surface area contributed by atoms with Gasteiger partial charge in [-0.15, -0.1) is 0 Å². The van der Waals surface area contributed by atoms with E-state index in [1.807, 2.05) is 60.7 Å². The summed E-state index contributed by atoms with van der Waals surface area (Å²) in [4.78, 5) is 0.950. The van der Waals surface area contributed by atoms with Gasteiger partial charge in [0.05, 0.1) is 0 Å². The summed E-state index contributed by atoms with van der Waals surface area (Å²) in [7, 11) is 0. The fraction of sp³-hybridized carbons (Fsp3) is 0.0769. The molecule has 2 aromatic carbocycles. The lowest BCUT2D eigenvalue weighted by molar-refractivity contribution is 0.515. The van der Waals surface area contributed by atoms with Crippen molar-refractivity contribution in [1.29, 1.82) is 0 Å². The average molecular weight is 296 g/mol. The summed E-state index contributed by atoms with van der Waals surface area (Å²) in [5.41, 5.74) is 0. The van der Waals surface area contributed by atoms with E-state index in [9.17, 15) is 4.57 Å². The minimum Gasteiger partial charge on any atom is -0.429 e. The molecule has 0 saturated carbocycles. The van der Waals surface area contributed by atoms with Crippen molar-refractivity contribution in [2.24, 2.45) is 0 Å². The van der Waals surface area contributed by atoms with E-state index in [-0.39, 0.29) is 0 Å². The lowest BCUT2D eigenvalue weighted by Crippen LogP contribution is -1.85. The topological polar surface area (TPSA) is 26.3 Å². The Bertz CT molecular complexity index is 486. The van der Waals surface area contributed by atoms with Crippen LogP contribution in [0.2, 0.25) is 0 Å². The first-order valence-electron chi connectivity index (χ1n) is 5.37. The summed E-state index contributed by atoms with van der Waals surface area (Å²) in [5, 5.41) is 0. The van der Waals surface area contributed by atoms with Crippen LogP contribution < -0.4 is 4.52 Å². The molecule has 0 aliphatic rings. The predicted octanol–water partition coefficient (Wildman–Crippen LogP) is 5.33. The Hall–Kier alpha value is -0.830. The van der Waals surface area contributed by atoms with Gasteiger partial charge in [-0.25, -0.2) is 0 Å². The number of rotatable bonds is 5. The molecular formula is C13H13O2PS2. The molecule has 5 heteroatoms. The summed E-state index contributed by atoms with van der Waals surface area (Å²) >= 11 is 2.54. The molecule has 0 amide bonds. The summed E-state index contributed by atoms with van der Waals surface area (Å²) in [6.45, 7) is 0. The molecule has 0 bridgehead atoms. The van der Waals surface area contributed by atoms with Crippen molar-refractivity contribution >= 4 is 28.5 Å². The highest BCUT2D eigenvalue weighted by molar-refractivity contribution is 8.89. The van der Waals surface area contributed by atoms with Crippen molar-refractivity contribution in [2.45, 2.75) is 4.90 Å². The van der Waals surface area contributed by atoms with Crippen molar-refractivity contribution in [3.05, 3.63) is 60.7 Å². The molecule has 0 radical (unpaired) electrons. The van der Waals surface area contributed by atoms with Crippen molar-refractivity contribution in [3.8, 4) is 5.75 Å². The SMILES string of the molecule is CSP(=O)(Oc1ccccc1)Sc1ccccc1. The number of hydrogen-bond donors (Lipinski definition) is 0. The van der Waals surface area contributed by atoms with Crippen LogP contribution in [0.15, 0.2) is 65.6 Å². The molecule has 0 aromatic heterocycles. The maximum Gasteiger partial charge on any atom is 0.364 e. The van der Waals surface area contributed by atoms with Crippen molar-refractivity contribution < 1.29 is 9.09 Å². The Morgan fingerprint density at radius 1 is 0.944 bits per heavy atom. The van der Waals surface area contributed by atoms with Gasteiger partial charge in [0.1, 0.15) is 5.75 Å². The smallest absolute Gasteiger partial charge is 0.364 e. The molecule has 0 heterocycles. The molecule has 2 aromatic rings. The van der Waals surface area contributed by atoms with Gasteiger partial charge < -0.3 is 4.52 Å². The predicted molar refractivity (Wildman–Crippen MR) is 80.5 cm³/mol. The van der Waals surface area contributed by atoms with Gasteiger partial charge in [0.15, 0.2) is 0 Å². The standard InChI is InChI=1S/C13H13O2PS2/c1-17-16(14,15-12-8-4-2-5-9-12)18-13-10-6-3-7-11-13/h2-11H,1H3. The molecule has 0 saturated heterocycles. The number of hydrogen-bond acceptors (Lipinski definition) is 4. The van der Waals surface area contributed by atoms with E-state index in [4.69, 9.17) is 4.52 Å². The van der Waals surface area contributed by atoms with Crippen LogP contribution in [0.4, 0.5) is 0 Å². The normalized spacial score (nSPS) is 13.8. The first kappa shape index (κ1) is 13.6. The summed E-state index contributed by atoms with van der Waals surface area (Å²) < 4.78 is 18.3. The first-order chi connectivity index (χ1) is 8.72. The van der Waals surface area contributed by atoms with Gasteiger partial charge in [-0.3, -0.25) is 4.57 Å². The van der Waals surface area contributed by atoms with Crippen molar-refractivity contribution in [3.63, 3.8) is 0 Å². The van der Waals surface area contributed by atoms with Gasteiger partial charge in [-0.1, -0.05) is 36.4 Å². The third-order valence-corrected chi connectivity index (χ3v) is 8.84.